The van der Waals surface area contributed by atoms with Crippen molar-refractivity contribution in [1.82, 2.24) is 10.9 Å². The Morgan fingerprint density at radius 1 is 0.968 bits per heavy atom. The van der Waals surface area contributed by atoms with E-state index < -0.39 is 24.4 Å². The highest BCUT2D eigenvalue weighted by Crippen LogP contribution is 2.41. The topological polar surface area (TPSA) is 53.5 Å². The smallest absolute Gasteiger partial charge is 0.287 e. The van der Waals surface area contributed by atoms with E-state index in [1.807, 2.05) is 35.1 Å². The Hall–Kier alpha value is -3.17. The zero-order valence-electron chi connectivity index (χ0n) is 15.8. The Morgan fingerprint density at radius 3 is 2.55 bits per heavy atom. The Balaban J connectivity index is 1.72. The molecule has 0 bridgehead atoms. The largest absolute Gasteiger partial charge is 0.402 e. The first-order valence-electron chi connectivity index (χ1n) is 9.16. The fourth-order valence-corrected chi connectivity index (χ4v) is 4.04. The molecular formula is C22H15F4N3OS. The highest BCUT2D eigenvalue weighted by atomic mass is 32.2. The lowest BCUT2D eigenvalue weighted by Gasteiger charge is -2.10. The van der Waals surface area contributed by atoms with Crippen LogP contribution in [-0.2, 0) is 0 Å². The number of hydrogen-bond donors (Lipinski definition) is 2. The summed E-state index contributed by atoms with van der Waals surface area (Å²) < 4.78 is 50.7. The van der Waals surface area contributed by atoms with Gasteiger partial charge in [-0.25, -0.2) is 14.8 Å². The van der Waals surface area contributed by atoms with E-state index in [1.54, 1.807) is 18.2 Å². The number of nitrogens with one attached hydrogen (secondary N) is 2. The first kappa shape index (κ1) is 21.1. The van der Waals surface area contributed by atoms with Gasteiger partial charge in [0.1, 0.15) is 12.4 Å². The number of benzene rings is 3. The Labute approximate surface area is 179 Å². The molecule has 1 amide bonds. The SMILES string of the molecule is O=C(NNCC(F)(F)F)c1ccc2c(c1)N=C(c1cccc(F)c1)c1ccccc1S2. The minimum atomic E-state index is -4.45. The van der Waals surface area contributed by atoms with Gasteiger partial charge in [-0.3, -0.25) is 10.2 Å². The highest BCUT2D eigenvalue weighted by molar-refractivity contribution is 7.99. The van der Waals surface area contributed by atoms with Crippen LogP contribution in [0.25, 0.3) is 0 Å². The maximum absolute atomic E-state index is 13.9. The molecule has 158 valence electrons. The first-order chi connectivity index (χ1) is 14.8. The third-order valence-electron chi connectivity index (χ3n) is 4.40. The second-order valence-electron chi connectivity index (χ2n) is 6.67. The molecule has 0 radical (unpaired) electrons. The maximum atomic E-state index is 13.9. The van der Waals surface area contributed by atoms with E-state index in [2.05, 4.69) is 0 Å². The van der Waals surface area contributed by atoms with E-state index in [1.165, 1.54) is 36.0 Å². The summed E-state index contributed by atoms with van der Waals surface area (Å²) in [6.07, 6.45) is -4.45. The van der Waals surface area contributed by atoms with E-state index in [0.717, 1.165) is 15.4 Å². The van der Waals surface area contributed by atoms with Gasteiger partial charge in [0, 0.05) is 26.5 Å². The molecule has 2 N–H and O–H groups in total. The summed E-state index contributed by atoms with van der Waals surface area (Å²) in [7, 11) is 0. The number of aliphatic imine (C=N–C) groups is 1. The number of nitrogens with zero attached hydrogens (tertiary/aromatic N) is 1. The third-order valence-corrected chi connectivity index (χ3v) is 5.55. The lowest BCUT2D eigenvalue weighted by atomic mass is 10.0. The molecule has 31 heavy (non-hydrogen) atoms. The number of amides is 1. The van der Waals surface area contributed by atoms with Gasteiger partial charge in [-0.2, -0.15) is 13.2 Å². The zero-order valence-corrected chi connectivity index (χ0v) is 16.7. The maximum Gasteiger partial charge on any atom is 0.402 e. The first-order valence-corrected chi connectivity index (χ1v) is 9.98. The van der Waals surface area contributed by atoms with Crippen LogP contribution >= 0.6 is 11.8 Å². The van der Waals surface area contributed by atoms with E-state index in [4.69, 9.17) is 4.99 Å². The van der Waals surface area contributed by atoms with Crippen LogP contribution < -0.4 is 10.9 Å². The third kappa shape index (κ3) is 4.95. The molecule has 0 spiro atoms. The number of hydrazine groups is 1. The summed E-state index contributed by atoms with van der Waals surface area (Å²) in [5.74, 6) is -1.13. The number of carbonyl (C=O) groups is 1. The molecule has 0 saturated carbocycles. The minimum Gasteiger partial charge on any atom is -0.287 e. The van der Waals surface area contributed by atoms with Crippen molar-refractivity contribution in [3.05, 3.63) is 89.2 Å². The molecule has 0 saturated heterocycles. The minimum absolute atomic E-state index is 0.141. The monoisotopic (exact) mass is 445 g/mol. The van der Waals surface area contributed by atoms with Gasteiger partial charge >= 0.3 is 6.18 Å². The number of carbonyl (C=O) groups excluding carboxylic acids is 1. The van der Waals surface area contributed by atoms with Gasteiger partial charge in [-0.05, 0) is 36.4 Å². The van der Waals surface area contributed by atoms with Crippen molar-refractivity contribution < 1.29 is 22.4 Å². The lowest BCUT2D eigenvalue weighted by molar-refractivity contribution is -0.126. The van der Waals surface area contributed by atoms with Crippen LogP contribution in [0.15, 0.2) is 81.5 Å². The fourth-order valence-electron chi connectivity index (χ4n) is 3.04. The van der Waals surface area contributed by atoms with Crippen LogP contribution in [0.4, 0.5) is 23.2 Å². The van der Waals surface area contributed by atoms with Gasteiger partial charge in [0.05, 0.1) is 11.4 Å². The summed E-state index contributed by atoms with van der Waals surface area (Å²) in [5.41, 5.74) is 6.42. The molecule has 0 fully saturated rings. The van der Waals surface area contributed by atoms with Crippen molar-refractivity contribution in [1.29, 1.82) is 0 Å². The van der Waals surface area contributed by atoms with Crippen molar-refractivity contribution in [2.45, 2.75) is 16.0 Å². The molecule has 0 atom stereocenters. The molecule has 4 rings (SSSR count). The molecular weight excluding hydrogens is 430 g/mol. The lowest BCUT2D eigenvalue weighted by Crippen LogP contribution is -2.42. The summed E-state index contributed by atoms with van der Waals surface area (Å²) in [6.45, 7) is -1.35. The number of alkyl halides is 3. The van der Waals surface area contributed by atoms with E-state index in [-0.39, 0.29) is 5.56 Å². The van der Waals surface area contributed by atoms with Crippen LogP contribution in [0.3, 0.4) is 0 Å². The van der Waals surface area contributed by atoms with Crippen molar-refractivity contribution >= 4 is 29.1 Å². The molecule has 0 aliphatic carbocycles. The predicted octanol–water partition coefficient (Wildman–Crippen LogP) is 5.26. The molecule has 3 aromatic carbocycles. The van der Waals surface area contributed by atoms with Crippen LogP contribution in [0.2, 0.25) is 0 Å². The number of halogens is 4. The van der Waals surface area contributed by atoms with Gasteiger partial charge in [0.15, 0.2) is 0 Å². The van der Waals surface area contributed by atoms with Crippen LogP contribution in [0.1, 0.15) is 21.5 Å². The van der Waals surface area contributed by atoms with Gasteiger partial charge in [-0.15, -0.1) is 0 Å². The molecule has 0 aromatic heterocycles. The van der Waals surface area contributed by atoms with Gasteiger partial charge in [-0.1, -0.05) is 42.1 Å². The van der Waals surface area contributed by atoms with E-state index in [0.29, 0.717) is 17.0 Å². The fraction of sp³-hybridized carbons (Fsp3) is 0.0909. The molecule has 1 aliphatic rings. The van der Waals surface area contributed by atoms with Crippen molar-refractivity contribution in [2.24, 2.45) is 4.99 Å². The standard InChI is InChI=1S/C22H15F4N3OS/c23-15-5-3-4-13(10-15)20-16-6-1-2-7-18(16)31-19-9-8-14(11-17(19)28-20)21(30)29-27-12-22(24,25)26/h1-11,27H,12H2,(H,29,30). The van der Waals surface area contributed by atoms with Crippen LogP contribution in [0, 0.1) is 5.82 Å². The van der Waals surface area contributed by atoms with Crippen molar-refractivity contribution in [2.75, 3.05) is 6.54 Å². The number of hydrogen-bond acceptors (Lipinski definition) is 4. The molecule has 1 aliphatic heterocycles. The molecule has 1 heterocycles. The average molecular weight is 445 g/mol. The Kier molecular flexibility index (Phi) is 5.79. The zero-order chi connectivity index (χ0) is 22.0. The summed E-state index contributed by atoms with van der Waals surface area (Å²) in [5, 5.41) is 0. The van der Waals surface area contributed by atoms with Crippen LogP contribution in [0.5, 0.6) is 0 Å². The molecule has 0 unspecified atom stereocenters. The van der Waals surface area contributed by atoms with E-state index >= 15 is 0 Å². The summed E-state index contributed by atoms with van der Waals surface area (Å²) in [6, 6.07) is 18.3. The summed E-state index contributed by atoms with van der Waals surface area (Å²) >= 11 is 1.44. The second-order valence-corrected chi connectivity index (χ2v) is 7.76. The highest BCUT2D eigenvalue weighted by Gasteiger charge is 2.27. The number of rotatable bonds is 4. The van der Waals surface area contributed by atoms with Gasteiger partial charge < -0.3 is 0 Å². The van der Waals surface area contributed by atoms with Gasteiger partial charge in [0.25, 0.3) is 5.91 Å². The summed E-state index contributed by atoms with van der Waals surface area (Å²) in [4.78, 5) is 18.6. The normalized spacial score (nSPS) is 13.0. The van der Waals surface area contributed by atoms with Crippen molar-refractivity contribution in [3.8, 4) is 0 Å². The van der Waals surface area contributed by atoms with Crippen molar-refractivity contribution in [3.63, 3.8) is 0 Å². The number of fused-ring (bicyclic) bond motifs is 2. The Morgan fingerprint density at radius 2 is 1.77 bits per heavy atom. The quantitative estimate of drug-likeness (QED) is 0.333. The Bertz CT molecular complexity index is 1180. The van der Waals surface area contributed by atoms with E-state index in [9.17, 15) is 22.4 Å². The predicted molar refractivity (Wildman–Crippen MR) is 110 cm³/mol. The van der Waals surface area contributed by atoms with Crippen LogP contribution in [-0.4, -0.2) is 24.3 Å². The second kappa shape index (κ2) is 8.52. The molecule has 9 heteroatoms. The molecule has 4 nitrogen and oxygen atoms in total. The average Bonchev–Trinajstić information content (AvgIpc) is 2.89. The van der Waals surface area contributed by atoms with Gasteiger partial charge in [0.2, 0.25) is 0 Å². The molecule has 3 aromatic rings.